The molecule has 3 aromatic heterocycles. The molecule has 0 saturated carbocycles. The highest BCUT2D eigenvalue weighted by Crippen LogP contribution is 2.40. The number of piperidine rings is 1. The van der Waals surface area contributed by atoms with E-state index in [4.69, 9.17) is 18.9 Å². The van der Waals surface area contributed by atoms with Gasteiger partial charge in [-0.25, -0.2) is 14.8 Å². The van der Waals surface area contributed by atoms with Crippen molar-refractivity contribution in [1.29, 1.82) is 0 Å². The number of hydrogen-bond acceptors (Lipinski definition) is 9. The summed E-state index contributed by atoms with van der Waals surface area (Å²) in [6, 6.07) is 14.7. The molecule has 0 bridgehead atoms. The van der Waals surface area contributed by atoms with Gasteiger partial charge in [-0.15, -0.1) is 0 Å². The Morgan fingerprint density at radius 2 is 1.75 bits per heavy atom. The zero-order valence-electron chi connectivity index (χ0n) is 30.2. The van der Waals surface area contributed by atoms with Crippen molar-refractivity contribution in [2.24, 2.45) is 5.92 Å². The Bertz CT molecular complexity index is 1860. The summed E-state index contributed by atoms with van der Waals surface area (Å²) in [5, 5.41) is 16.4. The van der Waals surface area contributed by atoms with Gasteiger partial charge in [0.2, 0.25) is 5.88 Å². The molecule has 2 fully saturated rings. The minimum absolute atomic E-state index is 0.00344. The summed E-state index contributed by atoms with van der Waals surface area (Å²) in [6.45, 7) is 15.4. The van der Waals surface area contributed by atoms with E-state index in [2.05, 4.69) is 66.3 Å². The zero-order valence-corrected chi connectivity index (χ0v) is 31.2. The summed E-state index contributed by atoms with van der Waals surface area (Å²) < 4.78 is 18.2. The number of nitrogens with one attached hydrogen (secondary N) is 2. The van der Waals surface area contributed by atoms with Gasteiger partial charge in [-0.2, -0.15) is 0 Å². The first-order valence-corrected chi connectivity index (χ1v) is 20.5. The lowest BCUT2D eigenvalue weighted by Gasteiger charge is -2.48. The zero-order chi connectivity index (χ0) is 36.3. The van der Waals surface area contributed by atoms with Crippen LogP contribution in [0.3, 0.4) is 0 Å². The summed E-state index contributed by atoms with van der Waals surface area (Å²) in [6.07, 6.45) is 5.50. The predicted molar refractivity (Wildman–Crippen MR) is 200 cm³/mol. The minimum Gasteiger partial charge on any atom is -0.474 e. The molecule has 12 nitrogen and oxygen atoms in total. The summed E-state index contributed by atoms with van der Waals surface area (Å²) in [4.78, 5) is 41.2. The van der Waals surface area contributed by atoms with E-state index in [0.717, 1.165) is 35.0 Å². The first kappa shape index (κ1) is 36.2. The highest BCUT2D eigenvalue weighted by Gasteiger charge is 2.45. The van der Waals surface area contributed by atoms with Crippen LogP contribution in [0.5, 0.6) is 5.88 Å². The SMILES string of the molecule is C[C@H]1CN(c2ccncc2NC(=O)c2ccc3ccc(-c4ccc(OC5CCOCC5)nc4)cc3n2)C[C@@H](NC(=O)O)[C@@H]1O[Si](C)(C)C(C)(C)C. The van der Waals surface area contributed by atoms with Gasteiger partial charge >= 0.3 is 6.09 Å². The number of carbonyl (C=O) groups excluding carboxylic acids is 1. The molecule has 3 N–H and O–H groups in total. The number of anilines is 2. The lowest BCUT2D eigenvalue weighted by Crippen LogP contribution is -2.62. The number of amides is 2. The van der Waals surface area contributed by atoms with E-state index in [1.54, 1.807) is 24.7 Å². The average Bonchev–Trinajstić information content (AvgIpc) is 3.09. The van der Waals surface area contributed by atoms with Crippen LogP contribution in [0.25, 0.3) is 22.0 Å². The highest BCUT2D eigenvalue weighted by atomic mass is 28.4. The van der Waals surface area contributed by atoms with Crippen molar-refractivity contribution in [3.8, 4) is 17.0 Å². The van der Waals surface area contributed by atoms with Gasteiger partial charge in [0.05, 0.1) is 48.4 Å². The molecule has 2 amide bonds. The number of aromatic nitrogens is 3. The normalized spacial score (nSPS) is 20.2. The van der Waals surface area contributed by atoms with Crippen LogP contribution in [0, 0.1) is 5.92 Å². The Morgan fingerprint density at radius 3 is 2.45 bits per heavy atom. The van der Waals surface area contributed by atoms with Crippen LogP contribution in [0.1, 0.15) is 51.0 Å². The number of pyridine rings is 3. The van der Waals surface area contributed by atoms with Gasteiger partial charge in [0.1, 0.15) is 11.8 Å². The Balaban J connectivity index is 1.18. The van der Waals surface area contributed by atoms with Crippen LogP contribution in [0.2, 0.25) is 18.1 Å². The molecular weight excluding hydrogens is 665 g/mol. The summed E-state index contributed by atoms with van der Waals surface area (Å²) in [5.74, 6) is 0.214. The Kier molecular flexibility index (Phi) is 10.6. The molecule has 1 aromatic carbocycles. The van der Waals surface area contributed by atoms with Crippen molar-refractivity contribution < 1.29 is 28.6 Å². The molecule has 2 aliphatic heterocycles. The number of carbonyl (C=O) groups is 2. The fraction of sp³-hybridized carbons (Fsp3) is 0.447. The van der Waals surface area contributed by atoms with Crippen molar-refractivity contribution in [1.82, 2.24) is 20.3 Å². The second-order valence-electron chi connectivity index (χ2n) is 15.0. The molecule has 3 atom stereocenters. The van der Waals surface area contributed by atoms with Crippen LogP contribution in [-0.2, 0) is 9.16 Å². The van der Waals surface area contributed by atoms with E-state index < -0.39 is 20.5 Å². The number of benzene rings is 1. The molecule has 2 aliphatic rings. The fourth-order valence-electron chi connectivity index (χ4n) is 6.42. The van der Waals surface area contributed by atoms with Gasteiger partial charge in [0.15, 0.2) is 8.32 Å². The molecule has 4 aromatic rings. The molecule has 51 heavy (non-hydrogen) atoms. The molecule has 0 radical (unpaired) electrons. The molecule has 270 valence electrons. The first-order valence-electron chi connectivity index (χ1n) is 17.6. The minimum atomic E-state index is -2.19. The van der Waals surface area contributed by atoms with E-state index >= 15 is 0 Å². The number of ether oxygens (including phenoxy) is 2. The van der Waals surface area contributed by atoms with Crippen LogP contribution in [0.15, 0.2) is 67.1 Å². The lowest BCUT2D eigenvalue weighted by atomic mass is 9.92. The van der Waals surface area contributed by atoms with E-state index in [0.29, 0.717) is 43.4 Å². The maximum atomic E-state index is 13.7. The van der Waals surface area contributed by atoms with E-state index in [1.807, 2.05) is 42.5 Å². The number of hydrogen-bond donors (Lipinski definition) is 3. The standard InChI is InChI=1S/C38H48N6O6Si/c1-24-22-44(23-32(43-37(46)47)35(24)50-51(5,6)38(2,3)4)33-13-16-39-21-31(33)42-36(45)29-11-9-25-7-8-26(19-30(25)41-29)27-10-12-34(40-20-27)49-28-14-17-48-18-15-28/h7-13,16,19-21,24,28,32,35,43H,14-15,17-18,22-23H2,1-6H3,(H,42,45)(H,46,47)/t24-,32+,35+/m0/s1. The maximum absolute atomic E-state index is 13.7. The summed E-state index contributed by atoms with van der Waals surface area (Å²) >= 11 is 0. The van der Waals surface area contributed by atoms with Crippen molar-refractivity contribution in [3.63, 3.8) is 0 Å². The molecular formula is C38H48N6O6Si. The monoisotopic (exact) mass is 712 g/mol. The van der Waals surface area contributed by atoms with Crippen LogP contribution in [0.4, 0.5) is 16.2 Å². The summed E-state index contributed by atoms with van der Waals surface area (Å²) in [5.41, 5.74) is 4.02. The van der Waals surface area contributed by atoms with Crippen LogP contribution < -0.4 is 20.3 Å². The molecule has 0 aliphatic carbocycles. The Morgan fingerprint density at radius 1 is 1.00 bits per heavy atom. The topological polar surface area (TPSA) is 148 Å². The number of nitrogens with zero attached hydrogens (tertiary/aromatic N) is 4. The first-order chi connectivity index (χ1) is 24.3. The number of carboxylic acid groups (broad SMARTS) is 1. The third-order valence-electron chi connectivity index (χ3n) is 10.3. The Hall–Kier alpha value is -4.59. The number of fused-ring (bicyclic) bond motifs is 1. The number of rotatable bonds is 9. The average molecular weight is 713 g/mol. The molecule has 6 rings (SSSR count). The molecule has 5 heterocycles. The van der Waals surface area contributed by atoms with Gasteiger partial charge in [0, 0.05) is 61.3 Å². The predicted octanol–water partition coefficient (Wildman–Crippen LogP) is 6.98. The van der Waals surface area contributed by atoms with Crippen molar-refractivity contribution in [3.05, 3.63) is 72.8 Å². The second kappa shape index (κ2) is 14.9. The smallest absolute Gasteiger partial charge is 0.405 e. The van der Waals surface area contributed by atoms with Crippen LogP contribution >= 0.6 is 0 Å². The second-order valence-corrected chi connectivity index (χ2v) is 19.8. The van der Waals surface area contributed by atoms with Crippen LogP contribution in [-0.4, -0.2) is 84.9 Å². The Labute approximate surface area is 300 Å². The van der Waals surface area contributed by atoms with E-state index in [1.165, 1.54) is 0 Å². The third kappa shape index (κ3) is 8.49. The van der Waals surface area contributed by atoms with Gasteiger partial charge in [-0.3, -0.25) is 9.78 Å². The third-order valence-corrected chi connectivity index (χ3v) is 14.7. The molecule has 13 heteroatoms. The summed E-state index contributed by atoms with van der Waals surface area (Å²) in [7, 11) is -2.19. The largest absolute Gasteiger partial charge is 0.474 e. The maximum Gasteiger partial charge on any atom is 0.405 e. The fourth-order valence-corrected chi connectivity index (χ4v) is 7.85. The molecule has 0 unspecified atom stereocenters. The van der Waals surface area contributed by atoms with Crippen molar-refractivity contribution in [2.75, 3.05) is 36.5 Å². The quantitative estimate of drug-likeness (QED) is 0.155. The van der Waals surface area contributed by atoms with Gasteiger partial charge in [0.25, 0.3) is 5.91 Å². The molecule has 2 saturated heterocycles. The highest BCUT2D eigenvalue weighted by molar-refractivity contribution is 6.74. The van der Waals surface area contributed by atoms with Crippen molar-refractivity contribution >= 4 is 42.6 Å². The van der Waals surface area contributed by atoms with E-state index in [9.17, 15) is 14.7 Å². The lowest BCUT2D eigenvalue weighted by molar-refractivity contribution is 0.0237. The molecule has 0 spiro atoms. The van der Waals surface area contributed by atoms with Gasteiger partial charge in [-0.1, -0.05) is 45.9 Å². The van der Waals surface area contributed by atoms with Gasteiger partial charge < -0.3 is 34.5 Å². The van der Waals surface area contributed by atoms with Crippen molar-refractivity contribution in [2.45, 2.75) is 76.9 Å². The van der Waals surface area contributed by atoms with E-state index in [-0.39, 0.29) is 34.8 Å². The van der Waals surface area contributed by atoms with Gasteiger partial charge in [-0.05, 0) is 48.0 Å².